The van der Waals surface area contributed by atoms with E-state index in [1.165, 1.54) is 71.0 Å². The predicted octanol–water partition coefficient (Wildman–Crippen LogP) is 3.87. The smallest absolute Gasteiger partial charge is 0.00914 e. The Morgan fingerprint density at radius 1 is 0.958 bits per heavy atom. The van der Waals surface area contributed by atoms with Crippen LogP contribution in [0, 0.1) is 17.3 Å². The summed E-state index contributed by atoms with van der Waals surface area (Å²) >= 11 is 0. The zero-order valence-corrected chi connectivity index (χ0v) is 14.9. The molecule has 4 aliphatic carbocycles. The normalized spacial score (nSPS) is 41.7. The molecule has 24 heavy (non-hydrogen) atoms. The van der Waals surface area contributed by atoms with Crippen molar-refractivity contribution in [3.05, 3.63) is 35.9 Å². The lowest BCUT2D eigenvalue weighted by Gasteiger charge is -2.63. The van der Waals surface area contributed by atoms with E-state index in [-0.39, 0.29) is 0 Å². The highest BCUT2D eigenvalue weighted by molar-refractivity contribution is 5.30. The molecule has 2 atom stereocenters. The Hall–Kier alpha value is -0.860. The average Bonchev–Trinajstić information content (AvgIpc) is 2.61. The number of nitrogens with one attached hydrogen (secondary N) is 2. The minimum atomic E-state index is 0.501. The minimum absolute atomic E-state index is 0.501. The van der Waals surface area contributed by atoms with Crippen molar-refractivity contribution in [3.8, 4) is 0 Å². The van der Waals surface area contributed by atoms with Crippen LogP contribution in [0.2, 0.25) is 0 Å². The van der Waals surface area contributed by atoms with Gasteiger partial charge in [-0.2, -0.15) is 0 Å². The van der Waals surface area contributed by atoms with Crippen LogP contribution < -0.4 is 10.6 Å². The SMILES string of the molecule is c1ccc(C23CC4CC(CC(CNC5CCNCC5)(C4)C2)C3)cc1. The van der Waals surface area contributed by atoms with E-state index in [0.717, 1.165) is 17.9 Å². The van der Waals surface area contributed by atoms with Crippen molar-refractivity contribution in [2.75, 3.05) is 19.6 Å². The van der Waals surface area contributed by atoms with E-state index in [1.54, 1.807) is 5.56 Å². The third-order valence-electron chi connectivity index (χ3n) is 7.67. The number of hydrogen-bond donors (Lipinski definition) is 2. The van der Waals surface area contributed by atoms with E-state index in [2.05, 4.69) is 41.0 Å². The average molecular weight is 325 g/mol. The third kappa shape index (κ3) is 2.63. The van der Waals surface area contributed by atoms with Crippen molar-refractivity contribution >= 4 is 0 Å². The van der Waals surface area contributed by atoms with E-state index in [0.29, 0.717) is 10.8 Å². The molecule has 2 heteroatoms. The maximum absolute atomic E-state index is 4.01. The first kappa shape index (κ1) is 15.4. The third-order valence-corrected chi connectivity index (χ3v) is 7.67. The van der Waals surface area contributed by atoms with Crippen LogP contribution in [0.4, 0.5) is 0 Å². The molecule has 2 unspecified atom stereocenters. The molecule has 5 aliphatic rings. The molecule has 0 amide bonds. The lowest BCUT2D eigenvalue weighted by molar-refractivity contribution is -0.0719. The molecule has 4 bridgehead atoms. The summed E-state index contributed by atoms with van der Waals surface area (Å²) in [6.07, 6.45) is 11.5. The highest BCUT2D eigenvalue weighted by Gasteiger charge is 2.57. The molecule has 5 fully saturated rings. The van der Waals surface area contributed by atoms with Crippen LogP contribution in [0.1, 0.15) is 56.9 Å². The first-order chi connectivity index (χ1) is 11.8. The maximum atomic E-state index is 4.01. The van der Waals surface area contributed by atoms with Gasteiger partial charge in [-0.1, -0.05) is 30.3 Å². The molecule has 0 spiro atoms. The lowest BCUT2D eigenvalue weighted by Crippen LogP contribution is -2.58. The quantitative estimate of drug-likeness (QED) is 0.878. The fourth-order valence-electron chi connectivity index (χ4n) is 7.18. The summed E-state index contributed by atoms with van der Waals surface area (Å²) in [4.78, 5) is 0. The fourth-order valence-corrected chi connectivity index (χ4v) is 7.18. The number of rotatable bonds is 4. The van der Waals surface area contributed by atoms with Gasteiger partial charge in [0, 0.05) is 12.6 Å². The minimum Gasteiger partial charge on any atom is -0.317 e. The Morgan fingerprint density at radius 3 is 2.38 bits per heavy atom. The predicted molar refractivity (Wildman–Crippen MR) is 99.1 cm³/mol. The standard InChI is InChI=1S/C22H32N2/c1-2-4-19(5-3-1)22-13-17-10-18(14-22)12-21(11-17,15-22)16-24-20-6-8-23-9-7-20/h1-5,17-18,20,23-24H,6-16H2. The van der Waals surface area contributed by atoms with E-state index < -0.39 is 0 Å². The van der Waals surface area contributed by atoms with Gasteiger partial charge < -0.3 is 10.6 Å². The highest BCUT2D eigenvalue weighted by Crippen LogP contribution is 2.65. The molecule has 1 aliphatic heterocycles. The van der Waals surface area contributed by atoms with Crippen LogP contribution in [0.25, 0.3) is 0 Å². The molecule has 130 valence electrons. The van der Waals surface area contributed by atoms with Crippen LogP contribution in [0.3, 0.4) is 0 Å². The fraction of sp³-hybridized carbons (Fsp3) is 0.727. The van der Waals surface area contributed by atoms with Crippen LogP contribution in [-0.4, -0.2) is 25.7 Å². The van der Waals surface area contributed by atoms with E-state index >= 15 is 0 Å². The van der Waals surface area contributed by atoms with Crippen LogP contribution in [0.15, 0.2) is 30.3 Å². The van der Waals surface area contributed by atoms with Crippen molar-refractivity contribution in [1.82, 2.24) is 10.6 Å². The summed E-state index contributed by atoms with van der Waals surface area (Å²) in [6.45, 7) is 3.67. The van der Waals surface area contributed by atoms with Gasteiger partial charge in [-0.3, -0.25) is 0 Å². The van der Waals surface area contributed by atoms with Crippen molar-refractivity contribution in [2.45, 2.75) is 62.8 Å². The summed E-state index contributed by atoms with van der Waals surface area (Å²) < 4.78 is 0. The monoisotopic (exact) mass is 324 g/mol. The van der Waals surface area contributed by atoms with Gasteiger partial charge in [0.1, 0.15) is 0 Å². The Bertz CT molecular complexity index is 561. The van der Waals surface area contributed by atoms with Gasteiger partial charge in [-0.25, -0.2) is 0 Å². The first-order valence-electron chi connectivity index (χ1n) is 10.3. The van der Waals surface area contributed by atoms with Gasteiger partial charge in [0.15, 0.2) is 0 Å². The second kappa shape index (κ2) is 5.85. The van der Waals surface area contributed by atoms with Crippen LogP contribution in [-0.2, 0) is 5.41 Å². The second-order valence-corrected chi connectivity index (χ2v) is 9.51. The molecular weight excluding hydrogens is 292 g/mol. The Kier molecular flexibility index (Phi) is 3.75. The molecule has 2 N–H and O–H groups in total. The molecule has 2 nitrogen and oxygen atoms in total. The van der Waals surface area contributed by atoms with Crippen molar-refractivity contribution in [2.24, 2.45) is 17.3 Å². The van der Waals surface area contributed by atoms with E-state index in [4.69, 9.17) is 0 Å². The number of hydrogen-bond acceptors (Lipinski definition) is 2. The van der Waals surface area contributed by atoms with Crippen molar-refractivity contribution < 1.29 is 0 Å². The number of benzene rings is 1. The van der Waals surface area contributed by atoms with Gasteiger partial charge in [-0.05, 0) is 92.7 Å². The van der Waals surface area contributed by atoms with E-state index in [1.807, 2.05) is 0 Å². The lowest BCUT2D eigenvalue weighted by atomic mass is 9.43. The van der Waals surface area contributed by atoms with Gasteiger partial charge in [0.2, 0.25) is 0 Å². The molecule has 4 saturated carbocycles. The number of piperidine rings is 1. The summed E-state index contributed by atoms with van der Waals surface area (Å²) in [7, 11) is 0. The molecule has 6 rings (SSSR count). The van der Waals surface area contributed by atoms with Gasteiger partial charge in [0.05, 0.1) is 0 Å². The zero-order valence-electron chi connectivity index (χ0n) is 14.9. The summed E-state index contributed by atoms with van der Waals surface area (Å²) in [5.74, 6) is 1.97. The topological polar surface area (TPSA) is 24.1 Å². The molecule has 0 aromatic heterocycles. The summed E-state index contributed by atoms with van der Waals surface area (Å²) in [5.41, 5.74) is 2.73. The van der Waals surface area contributed by atoms with Gasteiger partial charge >= 0.3 is 0 Å². The molecule has 1 saturated heterocycles. The second-order valence-electron chi connectivity index (χ2n) is 9.51. The van der Waals surface area contributed by atoms with Crippen LogP contribution in [0.5, 0.6) is 0 Å². The Labute approximate surface area is 146 Å². The van der Waals surface area contributed by atoms with Crippen molar-refractivity contribution in [1.29, 1.82) is 0 Å². The summed E-state index contributed by atoms with van der Waals surface area (Å²) in [5, 5.41) is 7.50. The highest BCUT2D eigenvalue weighted by atomic mass is 15.0. The molecule has 0 radical (unpaired) electrons. The molecule has 1 aromatic rings. The van der Waals surface area contributed by atoms with Crippen molar-refractivity contribution in [3.63, 3.8) is 0 Å². The molecule has 1 aromatic carbocycles. The van der Waals surface area contributed by atoms with Gasteiger partial charge in [-0.15, -0.1) is 0 Å². The molecule has 1 heterocycles. The first-order valence-corrected chi connectivity index (χ1v) is 10.3. The Morgan fingerprint density at radius 2 is 1.67 bits per heavy atom. The zero-order chi connectivity index (χ0) is 16.0. The largest absolute Gasteiger partial charge is 0.317 e. The maximum Gasteiger partial charge on any atom is 0.00914 e. The molecular formula is C22H32N2. The van der Waals surface area contributed by atoms with Crippen LogP contribution >= 0.6 is 0 Å². The summed E-state index contributed by atoms with van der Waals surface area (Å²) in [6, 6.07) is 12.3. The van der Waals surface area contributed by atoms with Gasteiger partial charge in [0.25, 0.3) is 0 Å². The van der Waals surface area contributed by atoms with E-state index in [9.17, 15) is 0 Å². The Balaban J connectivity index is 1.37.